The lowest BCUT2D eigenvalue weighted by atomic mass is 10.0. The molecule has 0 saturated heterocycles. The van der Waals surface area contributed by atoms with Crippen LogP contribution in [0.4, 0.5) is 0 Å². The van der Waals surface area contributed by atoms with Crippen molar-refractivity contribution in [3.63, 3.8) is 0 Å². The third-order valence-electron chi connectivity index (χ3n) is 3.50. The average molecular weight is 298 g/mol. The van der Waals surface area contributed by atoms with Gasteiger partial charge in [-0.05, 0) is 30.2 Å². The van der Waals surface area contributed by atoms with Crippen LogP contribution in [0.1, 0.15) is 39.2 Å². The number of nitrogens with one attached hydrogen (secondary N) is 2. The Morgan fingerprint density at radius 1 is 1.15 bits per heavy atom. The Hall–Kier alpha value is -0.910. The van der Waals surface area contributed by atoms with Gasteiger partial charge in [-0.1, -0.05) is 45.7 Å². The summed E-state index contributed by atoms with van der Waals surface area (Å²) in [5, 5.41) is 3.20. The zero-order chi connectivity index (χ0) is 15.0. The maximum Gasteiger partial charge on any atom is 0.240 e. The van der Waals surface area contributed by atoms with Crippen LogP contribution in [0.15, 0.2) is 29.2 Å². The Bertz CT molecular complexity index is 496. The van der Waals surface area contributed by atoms with Crippen molar-refractivity contribution in [1.29, 1.82) is 0 Å². The maximum atomic E-state index is 12.3. The molecule has 1 rings (SSSR count). The first-order valence-corrected chi connectivity index (χ1v) is 8.81. The quantitative estimate of drug-likeness (QED) is 0.736. The lowest BCUT2D eigenvalue weighted by Gasteiger charge is -2.14. The minimum absolute atomic E-state index is 0.346. The number of hydrogen-bond acceptors (Lipinski definition) is 3. The summed E-state index contributed by atoms with van der Waals surface area (Å²) in [4.78, 5) is 0.346. The molecule has 0 aliphatic heterocycles. The average Bonchev–Trinajstić information content (AvgIpc) is 2.46. The minimum Gasteiger partial charge on any atom is -0.313 e. The van der Waals surface area contributed by atoms with E-state index in [1.165, 1.54) is 0 Å². The van der Waals surface area contributed by atoms with E-state index in [2.05, 4.69) is 23.9 Å². The summed E-state index contributed by atoms with van der Waals surface area (Å²) < 4.78 is 27.2. The molecule has 0 aliphatic rings. The topological polar surface area (TPSA) is 58.2 Å². The molecule has 4 nitrogen and oxygen atoms in total. The summed E-state index contributed by atoms with van der Waals surface area (Å²) >= 11 is 0. The first-order chi connectivity index (χ1) is 9.53. The molecule has 0 heterocycles. The van der Waals surface area contributed by atoms with Crippen LogP contribution in [0, 0.1) is 5.92 Å². The highest BCUT2D eigenvalue weighted by molar-refractivity contribution is 7.89. The van der Waals surface area contributed by atoms with E-state index < -0.39 is 10.0 Å². The van der Waals surface area contributed by atoms with Crippen molar-refractivity contribution in [2.75, 3.05) is 13.1 Å². The van der Waals surface area contributed by atoms with Crippen molar-refractivity contribution in [3.05, 3.63) is 29.8 Å². The van der Waals surface area contributed by atoms with Crippen molar-refractivity contribution in [2.45, 2.75) is 45.1 Å². The minimum atomic E-state index is -3.40. The SMILES string of the molecule is CCNCc1cccc(S(=O)(=O)NCC(CC)CC)c1. The fourth-order valence-corrected chi connectivity index (χ4v) is 3.17. The van der Waals surface area contributed by atoms with Crippen molar-refractivity contribution in [3.8, 4) is 0 Å². The first-order valence-electron chi connectivity index (χ1n) is 7.32. The standard InChI is InChI=1S/C15H26N2O2S/c1-4-13(5-2)12-17-20(18,19)15-9-7-8-14(10-15)11-16-6-3/h7-10,13,16-17H,4-6,11-12H2,1-3H3. The molecule has 1 aromatic carbocycles. The molecule has 0 saturated carbocycles. The highest BCUT2D eigenvalue weighted by Crippen LogP contribution is 2.13. The number of rotatable bonds is 9. The third-order valence-corrected chi connectivity index (χ3v) is 4.93. The Morgan fingerprint density at radius 3 is 2.45 bits per heavy atom. The fraction of sp³-hybridized carbons (Fsp3) is 0.600. The monoisotopic (exact) mass is 298 g/mol. The van der Waals surface area contributed by atoms with E-state index in [1.54, 1.807) is 18.2 Å². The number of benzene rings is 1. The molecule has 0 bridgehead atoms. The van der Waals surface area contributed by atoms with E-state index in [-0.39, 0.29) is 0 Å². The van der Waals surface area contributed by atoms with Gasteiger partial charge >= 0.3 is 0 Å². The van der Waals surface area contributed by atoms with Gasteiger partial charge in [-0.15, -0.1) is 0 Å². The van der Waals surface area contributed by atoms with Gasteiger partial charge in [-0.25, -0.2) is 13.1 Å². The molecule has 114 valence electrons. The van der Waals surface area contributed by atoms with Gasteiger partial charge in [0.25, 0.3) is 0 Å². The van der Waals surface area contributed by atoms with Gasteiger partial charge in [0.2, 0.25) is 10.0 Å². The highest BCUT2D eigenvalue weighted by Gasteiger charge is 2.15. The normalized spacial score (nSPS) is 12.0. The van der Waals surface area contributed by atoms with Crippen molar-refractivity contribution in [2.24, 2.45) is 5.92 Å². The maximum absolute atomic E-state index is 12.3. The molecule has 2 N–H and O–H groups in total. The smallest absolute Gasteiger partial charge is 0.240 e. The van der Waals surface area contributed by atoms with Gasteiger partial charge in [0.15, 0.2) is 0 Å². The molecule has 0 amide bonds. The Morgan fingerprint density at radius 2 is 1.85 bits per heavy atom. The lowest BCUT2D eigenvalue weighted by molar-refractivity contribution is 0.479. The summed E-state index contributed by atoms with van der Waals surface area (Å²) in [6.07, 6.45) is 1.97. The molecule has 0 aliphatic carbocycles. The van der Waals surface area contributed by atoms with Crippen LogP contribution in [-0.2, 0) is 16.6 Å². The molecule has 0 aromatic heterocycles. The van der Waals surface area contributed by atoms with Gasteiger partial charge < -0.3 is 5.32 Å². The third kappa shape index (κ3) is 5.23. The van der Waals surface area contributed by atoms with Crippen LogP contribution < -0.4 is 10.0 Å². The van der Waals surface area contributed by atoms with Crippen LogP contribution in [0.5, 0.6) is 0 Å². The van der Waals surface area contributed by atoms with E-state index >= 15 is 0 Å². The largest absolute Gasteiger partial charge is 0.313 e. The van der Waals surface area contributed by atoms with E-state index in [4.69, 9.17) is 0 Å². The second kappa shape index (κ2) is 8.39. The van der Waals surface area contributed by atoms with Crippen LogP contribution in [0.25, 0.3) is 0 Å². The molecule has 0 atom stereocenters. The summed E-state index contributed by atoms with van der Waals surface area (Å²) in [5.74, 6) is 0.398. The second-order valence-electron chi connectivity index (χ2n) is 4.96. The van der Waals surface area contributed by atoms with E-state index in [9.17, 15) is 8.42 Å². The van der Waals surface area contributed by atoms with Crippen molar-refractivity contribution in [1.82, 2.24) is 10.0 Å². The number of hydrogen-bond donors (Lipinski definition) is 2. The van der Waals surface area contributed by atoms with Crippen LogP contribution in [0.3, 0.4) is 0 Å². The summed E-state index contributed by atoms with van der Waals surface area (Å²) in [5.41, 5.74) is 0.984. The van der Waals surface area contributed by atoms with Gasteiger partial charge in [0.05, 0.1) is 4.90 Å². The van der Waals surface area contributed by atoms with Crippen molar-refractivity contribution < 1.29 is 8.42 Å². The van der Waals surface area contributed by atoms with E-state index in [0.717, 1.165) is 24.9 Å². The zero-order valence-electron chi connectivity index (χ0n) is 12.6. The molecule has 0 radical (unpaired) electrons. The second-order valence-corrected chi connectivity index (χ2v) is 6.73. The van der Waals surface area contributed by atoms with Gasteiger partial charge in [0, 0.05) is 13.1 Å². The van der Waals surface area contributed by atoms with Crippen LogP contribution in [0.2, 0.25) is 0 Å². The molecule has 0 spiro atoms. The van der Waals surface area contributed by atoms with Gasteiger partial charge in [-0.3, -0.25) is 0 Å². The molecular formula is C15H26N2O2S. The highest BCUT2D eigenvalue weighted by atomic mass is 32.2. The predicted octanol–water partition coefficient (Wildman–Crippen LogP) is 2.51. The molecular weight excluding hydrogens is 272 g/mol. The van der Waals surface area contributed by atoms with Crippen LogP contribution >= 0.6 is 0 Å². The van der Waals surface area contributed by atoms with Gasteiger partial charge in [-0.2, -0.15) is 0 Å². The summed E-state index contributed by atoms with van der Waals surface area (Å²) in [6.45, 7) is 8.25. The molecule has 0 unspecified atom stereocenters. The first kappa shape index (κ1) is 17.1. The Kier molecular flexibility index (Phi) is 7.19. The molecule has 1 aromatic rings. The number of sulfonamides is 1. The molecule has 20 heavy (non-hydrogen) atoms. The summed E-state index contributed by atoms with van der Waals surface area (Å²) in [7, 11) is -3.40. The molecule has 5 heteroatoms. The fourth-order valence-electron chi connectivity index (χ4n) is 1.98. The lowest BCUT2D eigenvalue weighted by Crippen LogP contribution is -2.29. The summed E-state index contributed by atoms with van der Waals surface area (Å²) in [6, 6.07) is 7.10. The van der Waals surface area contributed by atoms with Crippen LogP contribution in [-0.4, -0.2) is 21.5 Å². The predicted molar refractivity (Wildman–Crippen MR) is 83.1 cm³/mol. The van der Waals surface area contributed by atoms with Crippen molar-refractivity contribution >= 4 is 10.0 Å². The van der Waals surface area contributed by atoms with Gasteiger partial charge in [0.1, 0.15) is 0 Å². The molecule has 0 fully saturated rings. The van der Waals surface area contributed by atoms with E-state index in [0.29, 0.717) is 23.9 Å². The Labute approximate surface area is 123 Å². The zero-order valence-corrected chi connectivity index (χ0v) is 13.5. The Balaban J connectivity index is 2.76. The van der Waals surface area contributed by atoms with E-state index in [1.807, 2.05) is 13.0 Å².